The highest BCUT2D eigenvalue weighted by Gasteiger charge is 2.32. The van der Waals surface area contributed by atoms with E-state index < -0.39 is 23.9 Å². The SMILES string of the molecule is CCC[C@@H](O)[C@@H](N)c1cc(Br)cc(C(F)(F)F)c1. The minimum absolute atomic E-state index is 0.276. The van der Waals surface area contributed by atoms with Gasteiger partial charge in [-0.05, 0) is 30.2 Å². The molecule has 2 nitrogen and oxygen atoms in total. The fourth-order valence-corrected chi connectivity index (χ4v) is 2.18. The molecule has 0 aliphatic carbocycles. The van der Waals surface area contributed by atoms with Gasteiger partial charge in [0, 0.05) is 4.47 Å². The van der Waals surface area contributed by atoms with Crippen LogP contribution < -0.4 is 5.73 Å². The molecule has 18 heavy (non-hydrogen) atoms. The van der Waals surface area contributed by atoms with E-state index in [9.17, 15) is 18.3 Å². The monoisotopic (exact) mass is 325 g/mol. The van der Waals surface area contributed by atoms with Gasteiger partial charge in [-0.1, -0.05) is 29.3 Å². The second-order valence-corrected chi connectivity index (χ2v) is 5.07. The highest BCUT2D eigenvalue weighted by atomic mass is 79.9. The Kier molecular flexibility index (Phi) is 5.19. The molecule has 3 N–H and O–H groups in total. The largest absolute Gasteiger partial charge is 0.416 e. The Labute approximate surface area is 112 Å². The van der Waals surface area contributed by atoms with Gasteiger partial charge in [-0.25, -0.2) is 0 Å². The van der Waals surface area contributed by atoms with E-state index in [2.05, 4.69) is 15.9 Å². The first kappa shape index (κ1) is 15.5. The molecule has 0 saturated carbocycles. The van der Waals surface area contributed by atoms with Gasteiger partial charge in [0.1, 0.15) is 0 Å². The Balaban J connectivity index is 3.06. The Hall–Kier alpha value is -0.590. The zero-order valence-electron chi connectivity index (χ0n) is 9.84. The van der Waals surface area contributed by atoms with Gasteiger partial charge < -0.3 is 10.8 Å². The third kappa shape index (κ3) is 3.96. The first-order valence-electron chi connectivity index (χ1n) is 5.57. The summed E-state index contributed by atoms with van der Waals surface area (Å²) in [5, 5.41) is 9.73. The number of nitrogens with two attached hydrogens (primary N) is 1. The molecular formula is C12H15BrF3NO. The number of hydrogen-bond acceptors (Lipinski definition) is 2. The average molecular weight is 326 g/mol. The summed E-state index contributed by atoms with van der Waals surface area (Å²) in [7, 11) is 0. The maximum absolute atomic E-state index is 12.6. The predicted molar refractivity (Wildman–Crippen MR) is 67.0 cm³/mol. The molecule has 2 atom stereocenters. The van der Waals surface area contributed by atoms with Crippen molar-refractivity contribution in [3.05, 3.63) is 33.8 Å². The lowest BCUT2D eigenvalue weighted by Gasteiger charge is -2.20. The van der Waals surface area contributed by atoms with Crippen LogP contribution in [0.15, 0.2) is 22.7 Å². The molecule has 0 saturated heterocycles. The molecule has 0 aliphatic heterocycles. The number of alkyl halides is 3. The average Bonchev–Trinajstić information content (AvgIpc) is 2.26. The summed E-state index contributed by atoms with van der Waals surface area (Å²) in [6.45, 7) is 1.87. The van der Waals surface area contributed by atoms with Crippen molar-refractivity contribution < 1.29 is 18.3 Å². The summed E-state index contributed by atoms with van der Waals surface area (Å²) in [6, 6.07) is 2.65. The van der Waals surface area contributed by atoms with Crippen molar-refractivity contribution in [2.24, 2.45) is 5.73 Å². The van der Waals surface area contributed by atoms with Crippen LogP contribution >= 0.6 is 15.9 Å². The first-order chi connectivity index (χ1) is 8.25. The number of halogens is 4. The van der Waals surface area contributed by atoms with E-state index in [1.165, 1.54) is 6.07 Å². The van der Waals surface area contributed by atoms with Gasteiger partial charge in [0.15, 0.2) is 0 Å². The van der Waals surface area contributed by atoms with E-state index in [4.69, 9.17) is 5.73 Å². The molecule has 0 spiro atoms. The van der Waals surface area contributed by atoms with Gasteiger partial charge in [-0.3, -0.25) is 0 Å². The Morgan fingerprint density at radius 2 is 1.94 bits per heavy atom. The quantitative estimate of drug-likeness (QED) is 0.888. The van der Waals surface area contributed by atoms with E-state index in [1.54, 1.807) is 0 Å². The van der Waals surface area contributed by atoms with Crippen molar-refractivity contribution in [2.45, 2.75) is 38.1 Å². The summed E-state index contributed by atoms with van der Waals surface area (Å²) < 4.78 is 38.2. The maximum Gasteiger partial charge on any atom is 0.416 e. The van der Waals surface area contributed by atoms with Gasteiger partial charge in [0.25, 0.3) is 0 Å². The normalized spacial score (nSPS) is 15.5. The van der Waals surface area contributed by atoms with Crippen LogP contribution in [-0.2, 0) is 6.18 Å². The van der Waals surface area contributed by atoms with Gasteiger partial charge in [-0.2, -0.15) is 13.2 Å². The fourth-order valence-electron chi connectivity index (χ4n) is 1.67. The highest BCUT2D eigenvalue weighted by Crippen LogP contribution is 2.33. The number of hydrogen-bond donors (Lipinski definition) is 2. The van der Waals surface area contributed by atoms with Crippen molar-refractivity contribution in [1.29, 1.82) is 0 Å². The molecule has 0 aliphatic rings. The summed E-state index contributed by atoms with van der Waals surface area (Å²) in [5.74, 6) is 0. The van der Waals surface area contributed by atoms with Crippen LogP contribution in [0.1, 0.15) is 36.9 Å². The smallest absolute Gasteiger partial charge is 0.391 e. The van der Waals surface area contributed by atoms with Crippen LogP contribution in [0.3, 0.4) is 0 Å². The topological polar surface area (TPSA) is 46.2 Å². The number of benzene rings is 1. The number of aliphatic hydroxyl groups is 1. The van der Waals surface area contributed by atoms with Crippen LogP contribution in [0.25, 0.3) is 0 Å². The number of aliphatic hydroxyl groups excluding tert-OH is 1. The van der Waals surface area contributed by atoms with E-state index in [-0.39, 0.29) is 5.56 Å². The molecule has 0 bridgehead atoms. The van der Waals surface area contributed by atoms with Crippen LogP contribution in [0, 0.1) is 0 Å². The highest BCUT2D eigenvalue weighted by molar-refractivity contribution is 9.10. The zero-order chi connectivity index (χ0) is 13.9. The lowest BCUT2D eigenvalue weighted by Crippen LogP contribution is -2.26. The van der Waals surface area contributed by atoms with Crippen LogP contribution in [-0.4, -0.2) is 11.2 Å². The first-order valence-corrected chi connectivity index (χ1v) is 6.36. The molecular weight excluding hydrogens is 311 g/mol. The van der Waals surface area contributed by atoms with Gasteiger partial charge in [0.2, 0.25) is 0 Å². The van der Waals surface area contributed by atoms with Crippen LogP contribution in [0.4, 0.5) is 13.2 Å². The Bertz CT molecular complexity index is 409. The van der Waals surface area contributed by atoms with Gasteiger partial charge in [0.05, 0.1) is 17.7 Å². The molecule has 0 unspecified atom stereocenters. The number of rotatable bonds is 4. The second kappa shape index (κ2) is 6.04. The molecule has 1 aromatic rings. The second-order valence-electron chi connectivity index (χ2n) is 4.15. The standard InChI is InChI=1S/C12H15BrF3NO/c1-2-3-10(18)11(17)7-4-8(12(14,15)16)6-9(13)5-7/h4-6,10-11,18H,2-3,17H2,1H3/t10-,11+/m1/s1. The third-order valence-corrected chi connectivity index (χ3v) is 3.09. The molecule has 0 fully saturated rings. The molecule has 0 aromatic heterocycles. The van der Waals surface area contributed by atoms with E-state index in [0.717, 1.165) is 18.6 Å². The molecule has 0 amide bonds. The summed E-state index contributed by atoms with van der Waals surface area (Å²) in [5.41, 5.74) is 5.27. The Morgan fingerprint density at radius 1 is 1.33 bits per heavy atom. The van der Waals surface area contributed by atoms with Crippen LogP contribution in [0.5, 0.6) is 0 Å². The van der Waals surface area contributed by atoms with E-state index in [1.807, 2.05) is 6.92 Å². The van der Waals surface area contributed by atoms with Crippen molar-refractivity contribution in [2.75, 3.05) is 0 Å². The van der Waals surface area contributed by atoms with Crippen molar-refractivity contribution in [3.8, 4) is 0 Å². The Morgan fingerprint density at radius 3 is 2.44 bits per heavy atom. The lowest BCUT2D eigenvalue weighted by atomic mass is 9.97. The zero-order valence-corrected chi connectivity index (χ0v) is 11.4. The van der Waals surface area contributed by atoms with Crippen molar-refractivity contribution in [1.82, 2.24) is 0 Å². The minimum Gasteiger partial charge on any atom is -0.391 e. The minimum atomic E-state index is -4.42. The molecule has 0 heterocycles. The summed E-state index contributed by atoms with van der Waals surface area (Å²) in [4.78, 5) is 0. The molecule has 102 valence electrons. The fraction of sp³-hybridized carbons (Fsp3) is 0.500. The maximum atomic E-state index is 12.6. The molecule has 1 rings (SSSR count). The van der Waals surface area contributed by atoms with Crippen LogP contribution in [0.2, 0.25) is 0 Å². The van der Waals surface area contributed by atoms with Crippen molar-refractivity contribution in [3.63, 3.8) is 0 Å². The molecule has 1 aromatic carbocycles. The van der Waals surface area contributed by atoms with Crippen molar-refractivity contribution >= 4 is 15.9 Å². The summed E-state index contributed by atoms with van der Waals surface area (Å²) >= 11 is 3.02. The van der Waals surface area contributed by atoms with Gasteiger partial charge in [-0.15, -0.1) is 0 Å². The van der Waals surface area contributed by atoms with E-state index >= 15 is 0 Å². The predicted octanol–water partition coefficient (Wildman–Crippen LogP) is 3.63. The molecule has 0 radical (unpaired) electrons. The summed E-state index contributed by atoms with van der Waals surface area (Å²) in [6.07, 6.45) is -4.09. The van der Waals surface area contributed by atoms with Gasteiger partial charge >= 0.3 is 6.18 Å². The van der Waals surface area contributed by atoms with E-state index in [0.29, 0.717) is 10.9 Å². The third-order valence-electron chi connectivity index (χ3n) is 2.63. The lowest BCUT2D eigenvalue weighted by molar-refractivity contribution is -0.137. The molecule has 6 heteroatoms.